The van der Waals surface area contributed by atoms with Crippen molar-refractivity contribution in [3.63, 3.8) is 0 Å². The van der Waals surface area contributed by atoms with Crippen molar-refractivity contribution in [2.45, 2.75) is 18.6 Å². The van der Waals surface area contributed by atoms with Crippen molar-refractivity contribution in [1.82, 2.24) is 15.3 Å². The van der Waals surface area contributed by atoms with Crippen LogP contribution in [-0.2, 0) is 4.74 Å². The molecule has 1 aromatic carbocycles. The molecule has 2 atom stereocenters. The number of carbonyl (C=O) groups is 1. The van der Waals surface area contributed by atoms with Gasteiger partial charge in [0.15, 0.2) is 0 Å². The molecule has 0 saturated carbocycles. The summed E-state index contributed by atoms with van der Waals surface area (Å²) in [6, 6.07) is 10.6. The molecule has 0 unspecified atom stereocenters. The van der Waals surface area contributed by atoms with Gasteiger partial charge in [0, 0.05) is 32.0 Å². The quantitative estimate of drug-likeness (QED) is 0.886. The zero-order valence-electron chi connectivity index (χ0n) is 13.9. The molecule has 0 radical (unpaired) electrons. The van der Waals surface area contributed by atoms with Crippen LogP contribution < -0.4 is 10.2 Å². The molecule has 2 aromatic rings. The summed E-state index contributed by atoms with van der Waals surface area (Å²) >= 11 is 0. The molecule has 1 fully saturated rings. The van der Waals surface area contributed by atoms with E-state index in [1.807, 2.05) is 12.1 Å². The van der Waals surface area contributed by atoms with Gasteiger partial charge in [0.25, 0.3) is 5.91 Å². The Hall–Kier alpha value is -2.98. The summed E-state index contributed by atoms with van der Waals surface area (Å²) < 4.78 is 5.48. The van der Waals surface area contributed by atoms with E-state index in [1.54, 1.807) is 37.6 Å². The number of nitriles is 1. The molecule has 128 valence electrons. The maximum Gasteiger partial charge on any atom is 0.251 e. The van der Waals surface area contributed by atoms with Crippen LogP contribution in [0.25, 0.3) is 0 Å². The maximum atomic E-state index is 12.4. The number of ether oxygens (including phenoxy) is 1. The molecule has 1 N–H and O–H groups in total. The van der Waals surface area contributed by atoms with Gasteiger partial charge in [-0.15, -0.1) is 0 Å². The third-order valence-electron chi connectivity index (χ3n) is 4.32. The minimum absolute atomic E-state index is 0.0861. The molecule has 0 aliphatic carbocycles. The largest absolute Gasteiger partial charge is 0.380 e. The molecule has 1 amide bonds. The minimum atomic E-state index is -0.194. The third kappa shape index (κ3) is 3.92. The molecule has 7 heteroatoms. The highest BCUT2D eigenvalue weighted by Gasteiger charge is 2.33. The number of hydrogen-bond acceptors (Lipinski definition) is 6. The van der Waals surface area contributed by atoms with Crippen LogP contribution >= 0.6 is 0 Å². The molecule has 3 rings (SSSR count). The van der Waals surface area contributed by atoms with Gasteiger partial charge in [-0.1, -0.05) is 6.07 Å². The lowest BCUT2D eigenvalue weighted by atomic mass is 10.1. The fraction of sp³-hybridized carbons (Fsp3) is 0.333. The summed E-state index contributed by atoms with van der Waals surface area (Å²) in [7, 11) is 1.69. The highest BCUT2D eigenvalue weighted by Crippen LogP contribution is 2.24. The lowest BCUT2D eigenvalue weighted by Gasteiger charge is -2.25. The van der Waals surface area contributed by atoms with Crippen LogP contribution in [0.4, 0.5) is 5.82 Å². The van der Waals surface area contributed by atoms with Crippen LogP contribution in [0.5, 0.6) is 0 Å². The van der Waals surface area contributed by atoms with Crippen molar-refractivity contribution in [3.05, 3.63) is 54.0 Å². The van der Waals surface area contributed by atoms with E-state index in [1.165, 1.54) is 6.33 Å². The number of amides is 1. The van der Waals surface area contributed by atoms with Gasteiger partial charge in [-0.2, -0.15) is 5.26 Å². The van der Waals surface area contributed by atoms with E-state index >= 15 is 0 Å². The third-order valence-corrected chi connectivity index (χ3v) is 4.32. The zero-order valence-corrected chi connectivity index (χ0v) is 13.9. The van der Waals surface area contributed by atoms with Crippen molar-refractivity contribution in [2.24, 2.45) is 0 Å². The highest BCUT2D eigenvalue weighted by molar-refractivity contribution is 5.94. The Bertz CT molecular complexity index is 775. The fourth-order valence-corrected chi connectivity index (χ4v) is 3.01. The molecule has 1 aromatic heterocycles. The van der Waals surface area contributed by atoms with Gasteiger partial charge < -0.3 is 15.0 Å². The van der Waals surface area contributed by atoms with Gasteiger partial charge in [0.2, 0.25) is 0 Å². The molecule has 1 aliphatic rings. The maximum absolute atomic E-state index is 12.4. The number of nitrogens with zero attached hydrogens (tertiary/aromatic N) is 4. The second kappa shape index (κ2) is 7.73. The van der Waals surface area contributed by atoms with Crippen LogP contribution in [0.3, 0.4) is 0 Å². The molecule has 7 nitrogen and oxygen atoms in total. The molecule has 1 saturated heterocycles. The summed E-state index contributed by atoms with van der Waals surface area (Å²) in [6.07, 6.45) is 4.11. The van der Waals surface area contributed by atoms with Crippen LogP contribution in [0.15, 0.2) is 42.9 Å². The fourth-order valence-electron chi connectivity index (χ4n) is 3.01. The Morgan fingerprint density at radius 3 is 3.08 bits per heavy atom. The minimum Gasteiger partial charge on any atom is -0.380 e. The predicted molar refractivity (Wildman–Crippen MR) is 92.1 cm³/mol. The number of nitrogens with one attached hydrogen (secondary N) is 1. The van der Waals surface area contributed by atoms with Gasteiger partial charge in [-0.3, -0.25) is 4.79 Å². The first-order valence-electron chi connectivity index (χ1n) is 8.05. The summed E-state index contributed by atoms with van der Waals surface area (Å²) in [4.78, 5) is 22.7. The van der Waals surface area contributed by atoms with Crippen molar-refractivity contribution in [2.75, 3.05) is 25.1 Å². The van der Waals surface area contributed by atoms with E-state index in [4.69, 9.17) is 10.00 Å². The van der Waals surface area contributed by atoms with Crippen molar-refractivity contribution >= 4 is 11.7 Å². The molecule has 0 bridgehead atoms. The van der Waals surface area contributed by atoms with Crippen LogP contribution in [0.2, 0.25) is 0 Å². The first-order chi connectivity index (χ1) is 12.2. The summed E-state index contributed by atoms with van der Waals surface area (Å²) in [5.74, 6) is 0.626. The topological polar surface area (TPSA) is 91.1 Å². The monoisotopic (exact) mass is 337 g/mol. The number of benzene rings is 1. The summed E-state index contributed by atoms with van der Waals surface area (Å²) in [5, 5.41) is 11.9. The molecular formula is C18H19N5O2. The van der Waals surface area contributed by atoms with E-state index in [-0.39, 0.29) is 18.1 Å². The molecule has 25 heavy (non-hydrogen) atoms. The molecule has 0 spiro atoms. The first kappa shape index (κ1) is 16.9. The van der Waals surface area contributed by atoms with E-state index in [2.05, 4.69) is 20.2 Å². The normalized spacial score (nSPS) is 19.4. The SMILES string of the molecule is CO[C@@H]1C[C@H](CNC(=O)c2cccc(C#N)c2)N(c2ccncn2)C1. The lowest BCUT2D eigenvalue weighted by molar-refractivity contribution is 0.0946. The van der Waals surface area contributed by atoms with Gasteiger partial charge in [-0.25, -0.2) is 9.97 Å². The Morgan fingerprint density at radius 2 is 2.36 bits per heavy atom. The van der Waals surface area contributed by atoms with Gasteiger partial charge >= 0.3 is 0 Å². The number of methoxy groups -OCH3 is 1. The number of aromatic nitrogens is 2. The van der Waals surface area contributed by atoms with E-state index < -0.39 is 0 Å². The standard InChI is InChI=1S/C18H19N5O2/c1-25-16-8-15(23(11-16)17-5-6-20-12-22-17)10-21-18(24)14-4-2-3-13(7-14)9-19/h2-7,12,15-16H,8,10-11H2,1H3,(H,21,24)/t15-,16-/m1/s1. The lowest BCUT2D eigenvalue weighted by Crippen LogP contribution is -2.40. The predicted octanol–water partition coefficient (Wildman–Crippen LogP) is 1.37. The summed E-state index contributed by atoms with van der Waals surface area (Å²) in [5.41, 5.74) is 0.949. The average Bonchev–Trinajstić information content (AvgIpc) is 3.10. The van der Waals surface area contributed by atoms with Gasteiger partial charge in [0.1, 0.15) is 12.1 Å². The number of anilines is 1. The summed E-state index contributed by atoms with van der Waals surface area (Å²) in [6.45, 7) is 1.19. The van der Waals surface area contributed by atoms with Crippen molar-refractivity contribution < 1.29 is 9.53 Å². The van der Waals surface area contributed by atoms with Crippen LogP contribution in [0, 0.1) is 11.3 Å². The Balaban J connectivity index is 1.68. The molecule has 2 heterocycles. The van der Waals surface area contributed by atoms with E-state index in [9.17, 15) is 4.79 Å². The second-order valence-electron chi connectivity index (χ2n) is 5.87. The Morgan fingerprint density at radius 1 is 1.48 bits per heavy atom. The van der Waals surface area contributed by atoms with E-state index in [0.29, 0.717) is 17.7 Å². The van der Waals surface area contributed by atoms with Gasteiger partial charge in [0.05, 0.1) is 23.8 Å². The second-order valence-corrected chi connectivity index (χ2v) is 5.87. The number of hydrogen-bond donors (Lipinski definition) is 1. The van der Waals surface area contributed by atoms with Crippen molar-refractivity contribution in [3.8, 4) is 6.07 Å². The molecule has 1 aliphatic heterocycles. The number of rotatable bonds is 5. The zero-order chi connectivity index (χ0) is 17.6. The molecular weight excluding hydrogens is 318 g/mol. The van der Waals surface area contributed by atoms with Crippen LogP contribution in [0.1, 0.15) is 22.3 Å². The van der Waals surface area contributed by atoms with Gasteiger partial charge in [-0.05, 0) is 30.7 Å². The van der Waals surface area contributed by atoms with Crippen LogP contribution in [-0.4, -0.2) is 48.2 Å². The Labute approximate surface area is 146 Å². The van der Waals surface area contributed by atoms with Crippen molar-refractivity contribution in [1.29, 1.82) is 5.26 Å². The average molecular weight is 337 g/mol. The number of carbonyl (C=O) groups excluding carboxylic acids is 1. The first-order valence-corrected chi connectivity index (χ1v) is 8.05. The highest BCUT2D eigenvalue weighted by atomic mass is 16.5. The van der Waals surface area contributed by atoms with E-state index in [0.717, 1.165) is 18.8 Å². The Kier molecular flexibility index (Phi) is 5.21. The smallest absolute Gasteiger partial charge is 0.251 e.